The fourth-order valence-electron chi connectivity index (χ4n) is 2.16. The van der Waals surface area contributed by atoms with Crippen LogP contribution < -0.4 is 0 Å². The van der Waals surface area contributed by atoms with Gasteiger partial charge in [0.25, 0.3) is 0 Å². The molecule has 0 radical (unpaired) electrons. The number of hydrogen-bond donors (Lipinski definition) is 0. The molecule has 0 unspecified atom stereocenters. The molecule has 0 saturated heterocycles. The Bertz CT molecular complexity index is 467. The van der Waals surface area contributed by atoms with E-state index in [1.807, 2.05) is 0 Å². The number of benzene rings is 1. The van der Waals surface area contributed by atoms with Crippen LogP contribution in [0.5, 0.6) is 0 Å². The van der Waals surface area contributed by atoms with Gasteiger partial charge >= 0.3 is 0 Å². The van der Waals surface area contributed by atoms with Gasteiger partial charge in [-0.1, -0.05) is 32.0 Å². The minimum absolute atomic E-state index is 0.992. The van der Waals surface area contributed by atoms with Gasteiger partial charge in [0.1, 0.15) is 0 Å². The molecule has 0 amide bonds. The summed E-state index contributed by atoms with van der Waals surface area (Å²) in [6, 6.07) is 10.9. The Labute approximate surface area is 97.5 Å². The predicted octanol–water partition coefficient (Wildman–Crippen LogP) is 3.25. The monoisotopic (exact) mass is 216 g/mol. The first-order chi connectivity index (χ1) is 7.76. The zero-order valence-corrected chi connectivity index (χ0v) is 10.4. The van der Waals surface area contributed by atoms with Crippen molar-refractivity contribution < 1.29 is 0 Å². The lowest BCUT2D eigenvalue weighted by atomic mass is 10.2. The Hall–Kier alpha value is -1.28. The van der Waals surface area contributed by atoms with Gasteiger partial charge < -0.3 is 4.57 Å². The van der Waals surface area contributed by atoms with Crippen LogP contribution >= 0.6 is 0 Å². The van der Waals surface area contributed by atoms with Gasteiger partial charge in [0.05, 0.1) is 6.67 Å². The van der Waals surface area contributed by atoms with Gasteiger partial charge in [0.15, 0.2) is 0 Å². The molecule has 0 N–H and O–H groups in total. The fourth-order valence-corrected chi connectivity index (χ4v) is 2.16. The highest BCUT2D eigenvalue weighted by molar-refractivity contribution is 5.81. The molecule has 2 aromatic rings. The lowest BCUT2D eigenvalue weighted by molar-refractivity contribution is 0.244. The maximum atomic E-state index is 2.43. The molecule has 2 nitrogen and oxygen atoms in total. The smallest absolute Gasteiger partial charge is 0.0753 e. The third kappa shape index (κ3) is 1.98. The van der Waals surface area contributed by atoms with Crippen molar-refractivity contribution in [3.05, 3.63) is 36.0 Å². The van der Waals surface area contributed by atoms with E-state index < -0.39 is 0 Å². The van der Waals surface area contributed by atoms with Crippen LogP contribution in [0.3, 0.4) is 0 Å². The molecule has 0 aliphatic heterocycles. The SMILES string of the molecule is CCN(CC)Cn1c(C)cc2ccccc21. The lowest BCUT2D eigenvalue weighted by Gasteiger charge is -2.20. The molecule has 1 aromatic heterocycles. The van der Waals surface area contributed by atoms with Gasteiger partial charge in [-0.25, -0.2) is 0 Å². The van der Waals surface area contributed by atoms with Gasteiger partial charge in [0, 0.05) is 11.2 Å². The maximum Gasteiger partial charge on any atom is 0.0753 e. The fraction of sp³-hybridized carbons (Fsp3) is 0.429. The second-order valence-electron chi connectivity index (χ2n) is 4.22. The number of rotatable bonds is 4. The number of aromatic nitrogens is 1. The van der Waals surface area contributed by atoms with Crippen LogP contribution in [0.2, 0.25) is 0 Å². The van der Waals surface area contributed by atoms with Crippen molar-refractivity contribution in [3.8, 4) is 0 Å². The van der Waals surface area contributed by atoms with E-state index in [-0.39, 0.29) is 0 Å². The minimum Gasteiger partial charge on any atom is -0.331 e. The number of aryl methyl sites for hydroxylation is 1. The predicted molar refractivity (Wildman–Crippen MR) is 69.6 cm³/mol. The Kier molecular flexibility index (Phi) is 3.30. The lowest BCUT2D eigenvalue weighted by Crippen LogP contribution is -2.26. The maximum absolute atomic E-state index is 2.43. The van der Waals surface area contributed by atoms with E-state index in [2.05, 4.69) is 60.6 Å². The van der Waals surface area contributed by atoms with Crippen LogP contribution in [-0.2, 0) is 6.67 Å². The van der Waals surface area contributed by atoms with E-state index in [0.717, 1.165) is 19.8 Å². The second kappa shape index (κ2) is 4.71. The van der Waals surface area contributed by atoms with E-state index in [9.17, 15) is 0 Å². The number of nitrogens with zero attached hydrogens (tertiary/aromatic N) is 2. The van der Waals surface area contributed by atoms with Crippen LogP contribution in [0.15, 0.2) is 30.3 Å². The molecule has 2 heteroatoms. The highest BCUT2D eigenvalue weighted by Gasteiger charge is 2.07. The molecule has 0 bridgehead atoms. The molecule has 16 heavy (non-hydrogen) atoms. The van der Waals surface area contributed by atoms with Crippen molar-refractivity contribution in [1.29, 1.82) is 0 Å². The Balaban J connectivity index is 2.39. The third-order valence-corrected chi connectivity index (χ3v) is 3.25. The van der Waals surface area contributed by atoms with E-state index in [4.69, 9.17) is 0 Å². The molecule has 0 fully saturated rings. The summed E-state index contributed by atoms with van der Waals surface area (Å²) in [5.74, 6) is 0. The van der Waals surface area contributed by atoms with Crippen molar-refractivity contribution in [2.75, 3.05) is 13.1 Å². The molecule has 2 rings (SSSR count). The minimum atomic E-state index is 0.992. The van der Waals surface area contributed by atoms with Crippen LogP contribution in [0.25, 0.3) is 10.9 Å². The number of para-hydroxylation sites is 1. The van der Waals surface area contributed by atoms with E-state index in [1.54, 1.807) is 0 Å². The van der Waals surface area contributed by atoms with Crippen molar-refractivity contribution in [2.24, 2.45) is 0 Å². The normalized spacial score (nSPS) is 11.5. The van der Waals surface area contributed by atoms with Crippen molar-refractivity contribution in [2.45, 2.75) is 27.4 Å². The standard InChI is InChI=1S/C14H20N2/c1-4-15(5-2)11-16-12(3)10-13-8-6-7-9-14(13)16/h6-10H,4-5,11H2,1-3H3. The summed E-state index contributed by atoms with van der Waals surface area (Å²) in [5, 5.41) is 1.34. The van der Waals surface area contributed by atoms with Gasteiger partial charge in [-0.3, -0.25) is 4.90 Å². The summed E-state index contributed by atoms with van der Waals surface area (Å²) in [6.45, 7) is 9.80. The van der Waals surface area contributed by atoms with Crippen LogP contribution in [0, 0.1) is 6.92 Å². The summed E-state index contributed by atoms with van der Waals surface area (Å²) in [5.41, 5.74) is 2.68. The molecule has 0 spiro atoms. The van der Waals surface area contributed by atoms with E-state index in [1.165, 1.54) is 16.6 Å². The molecular formula is C14H20N2. The van der Waals surface area contributed by atoms with E-state index in [0.29, 0.717) is 0 Å². The Morgan fingerprint density at radius 3 is 2.50 bits per heavy atom. The first-order valence-electron chi connectivity index (χ1n) is 6.03. The third-order valence-electron chi connectivity index (χ3n) is 3.25. The van der Waals surface area contributed by atoms with Crippen molar-refractivity contribution in [3.63, 3.8) is 0 Å². The first kappa shape index (κ1) is 11.2. The van der Waals surface area contributed by atoms with E-state index >= 15 is 0 Å². The molecule has 1 aromatic carbocycles. The zero-order chi connectivity index (χ0) is 11.5. The first-order valence-corrected chi connectivity index (χ1v) is 6.03. The van der Waals surface area contributed by atoms with Gasteiger partial charge in [-0.05, 0) is 37.5 Å². The topological polar surface area (TPSA) is 8.17 Å². The summed E-state index contributed by atoms with van der Waals surface area (Å²) in [6.07, 6.45) is 0. The molecule has 0 saturated carbocycles. The van der Waals surface area contributed by atoms with Crippen LogP contribution in [0.1, 0.15) is 19.5 Å². The molecule has 0 aliphatic rings. The average Bonchev–Trinajstić information content (AvgIpc) is 2.62. The second-order valence-corrected chi connectivity index (χ2v) is 4.22. The Morgan fingerprint density at radius 1 is 1.12 bits per heavy atom. The van der Waals surface area contributed by atoms with Gasteiger partial charge in [-0.2, -0.15) is 0 Å². The zero-order valence-electron chi connectivity index (χ0n) is 10.4. The Morgan fingerprint density at radius 2 is 1.81 bits per heavy atom. The molecule has 0 aliphatic carbocycles. The molecule has 86 valence electrons. The summed E-state index contributed by atoms with van der Waals surface area (Å²) < 4.78 is 2.39. The summed E-state index contributed by atoms with van der Waals surface area (Å²) >= 11 is 0. The van der Waals surface area contributed by atoms with Gasteiger partial charge in [-0.15, -0.1) is 0 Å². The molecular weight excluding hydrogens is 196 g/mol. The van der Waals surface area contributed by atoms with Crippen LogP contribution in [-0.4, -0.2) is 22.6 Å². The largest absolute Gasteiger partial charge is 0.331 e. The van der Waals surface area contributed by atoms with Crippen molar-refractivity contribution in [1.82, 2.24) is 9.47 Å². The molecule has 0 atom stereocenters. The van der Waals surface area contributed by atoms with Crippen molar-refractivity contribution >= 4 is 10.9 Å². The average molecular weight is 216 g/mol. The number of hydrogen-bond acceptors (Lipinski definition) is 1. The van der Waals surface area contributed by atoms with Gasteiger partial charge in [0.2, 0.25) is 0 Å². The molecule has 1 heterocycles. The highest BCUT2D eigenvalue weighted by atomic mass is 15.2. The summed E-state index contributed by atoms with van der Waals surface area (Å²) in [4.78, 5) is 2.43. The summed E-state index contributed by atoms with van der Waals surface area (Å²) in [7, 11) is 0. The van der Waals surface area contributed by atoms with Crippen LogP contribution in [0.4, 0.5) is 0 Å². The number of fused-ring (bicyclic) bond motifs is 1. The highest BCUT2D eigenvalue weighted by Crippen LogP contribution is 2.19. The quantitative estimate of drug-likeness (QED) is 0.761.